The molecule has 210 valence electrons. The summed E-state index contributed by atoms with van der Waals surface area (Å²) in [4.78, 5) is 44.6. The number of thiazole rings is 1. The van der Waals surface area contributed by atoms with Crippen molar-refractivity contribution < 1.29 is 27.5 Å². The SMILES string of the molecule is COCCS(=O)(=O)C(C(=O)NCC(=O)CC1CC1)c1nc2ccc(-c3ccc4c(c3)CN(C3CC3)C4=O)cc2s1. The van der Waals surface area contributed by atoms with E-state index in [-0.39, 0.29) is 35.6 Å². The number of benzene rings is 2. The van der Waals surface area contributed by atoms with Gasteiger partial charge in [0.15, 0.2) is 20.9 Å². The maximum absolute atomic E-state index is 13.3. The van der Waals surface area contributed by atoms with Crippen LogP contribution in [0.1, 0.15) is 58.3 Å². The number of rotatable bonds is 12. The van der Waals surface area contributed by atoms with E-state index in [1.807, 2.05) is 41.3 Å². The van der Waals surface area contributed by atoms with Crippen LogP contribution < -0.4 is 5.32 Å². The summed E-state index contributed by atoms with van der Waals surface area (Å²) < 4.78 is 32.2. The van der Waals surface area contributed by atoms with Gasteiger partial charge in [0, 0.05) is 31.7 Å². The highest BCUT2D eigenvalue weighted by Crippen LogP contribution is 2.38. The summed E-state index contributed by atoms with van der Waals surface area (Å²) >= 11 is 1.16. The molecule has 2 aliphatic carbocycles. The van der Waals surface area contributed by atoms with Crippen LogP contribution in [0.4, 0.5) is 0 Å². The van der Waals surface area contributed by atoms with Crippen LogP contribution in [0.2, 0.25) is 0 Å². The number of amides is 2. The maximum Gasteiger partial charge on any atom is 0.254 e. The molecule has 3 aromatic rings. The van der Waals surface area contributed by atoms with Crippen LogP contribution >= 0.6 is 11.3 Å². The minimum absolute atomic E-state index is 0.0548. The van der Waals surface area contributed by atoms with Crippen LogP contribution in [0.15, 0.2) is 36.4 Å². The molecule has 1 atom stereocenters. The highest BCUT2D eigenvalue weighted by Gasteiger charge is 2.39. The number of ketones is 1. The summed E-state index contributed by atoms with van der Waals surface area (Å²) in [5.74, 6) is -0.714. The molecule has 0 bridgehead atoms. The number of nitrogens with one attached hydrogen (secondary N) is 1. The van der Waals surface area contributed by atoms with Crippen molar-refractivity contribution in [2.24, 2.45) is 5.92 Å². The number of hydrogen-bond acceptors (Lipinski definition) is 8. The molecule has 1 aromatic heterocycles. The smallest absolute Gasteiger partial charge is 0.254 e. The number of ether oxygens (including phenoxy) is 1. The lowest BCUT2D eigenvalue weighted by molar-refractivity contribution is -0.125. The van der Waals surface area contributed by atoms with Gasteiger partial charge in [0.25, 0.3) is 5.91 Å². The van der Waals surface area contributed by atoms with E-state index in [2.05, 4.69) is 10.3 Å². The van der Waals surface area contributed by atoms with Crippen molar-refractivity contribution in [1.29, 1.82) is 0 Å². The monoisotopic (exact) mass is 581 g/mol. The van der Waals surface area contributed by atoms with Crippen molar-refractivity contribution in [3.63, 3.8) is 0 Å². The van der Waals surface area contributed by atoms with Gasteiger partial charge >= 0.3 is 0 Å². The molecular weight excluding hydrogens is 550 g/mol. The van der Waals surface area contributed by atoms with E-state index in [1.165, 1.54) is 7.11 Å². The van der Waals surface area contributed by atoms with Gasteiger partial charge in [-0.25, -0.2) is 13.4 Å². The van der Waals surface area contributed by atoms with Gasteiger partial charge in [-0.15, -0.1) is 11.3 Å². The number of sulfone groups is 1. The topological polar surface area (TPSA) is 123 Å². The zero-order chi connectivity index (χ0) is 28.0. The average Bonchev–Trinajstić information content (AvgIpc) is 3.86. The third-order valence-electron chi connectivity index (χ3n) is 7.73. The van der Waals surface area contributed by atoms with E-state index in [4.69, 9.17) is 4.74 Å². The zero-order valence-corrected chi connectivity index (χ0v) is 23.9. The van der Waals surface area contributed by atoms with Gasteiger partial charge in [-0.1, -0.05) is 12.1 Å². The Morgan fingerprint density at radius 2 is 1.88 bits per heavy atom. The number of carbonyl (C=O) groups excluding carboxylic acids is 3. The zero-order valence-electron chi connectivity index (χ0n) is 22.2. The summed E-state index contributed by atoms with van der Waals surface area (Å²) in [5.41, 5.74) is 4.22. The fraction of sp³-hybridized carbons (Fsp3) is 0.448. The summed E-state index contributed by atoms with van der Waals surface area (Å²) in [6.07, 6.45) is 4.57. The predicted octanol–water partition coefficient (Wildman–Crippen LogP) is 3.67. The third kappa shape index (κ3) is 5.55. The lowest BCUT2D eigenvalue weighted by Gasteiger charge is -2.15. The quantitative estimate of drug-likeness (QED) is 0.346. The van der Waals surface area contributed by atoms with E-state index >= 15 is 0 Å². The first-order valence-electron chi connectivity index (χ1n) is 13.6. The first kappa shape index (κ1) is 27.0. The van der Waals surface area contributed by atoms with E-state index in [0.717, 1.165) is 64.0 Å². The van der Waals surface area contributed by atoms with E-state index < -0.39 is 21.0 Å². The second-order valence-corrected chi connectivity index (χ2v) is 14.2. The van der Waals surface area contributed by atoms with Crippen molar-refractivity contribution in [2.75, 3.05) is 26.0 Å². The number of methoxy groups -OCH3 is 1. The fourth-order valence-corrected chi connectivity index (χ4v) is 8.15. The molecule has 1 unspecified atom stereocenters. The van der Waals surface area contributed by atoms with Gasteiger partial charge < -0.3 is 15.0 Å². The van der Waals surface area contributed by atoms with Gasteiger partial charge in [0.05, 0.1) is 29.1 Å². The van der Waals surface area contributed by atoms with Crippen molar-refractivity contribution in [3.05, 3.63) is 52.5 Å². The van der Waals surface area contributed by atoms with Gasteiger partial charge in [-0.2, -0.15) is 0 Å². The summed E-state index contributed by atoms with van der Waals surface area (Å²) in [6.45, 7) is 0.374. The maximum atomic E-state index is 13.3. The molecule has 2 saturated carbocycles. The van der Waals surface area contributed by atoms with Crippen LogP contribution in [0.25, 0.3) is 21.3 Å². The number of nitrogens with zero attached hydrogens (tertiary/aromatic N) is 2. The van der Waals surface area contributed by atoms with Gasteiger partial charge in [-0.3, -0.25) is 14.4 Å². The van der Waals surface area contributed by atoms with Gasteiger partial charge in [0.1, 0.15) is 5.01 Å². The molecule has 3 aliphatic rings. The number of carbonyl (C=O) groups is 3. The first-order chi connectivity index (χ1) is 19.2. The van der Waals surface area contributed by atoms with Crippen molar-refractivity contribution in [3.8, 4) is 11.1 Å². The molecule has 2 fully saturated rings. The largest absolute Gasteiger partial charge is 0.384 e. The molecule has 0 radical (unpaired) electrons. The molecule has 2 heterocycles. The first-order valence-corrected chi connectivity index (χ1v) is 16.1. The number of aromatic nitrogens is 1. The summed E-state index contributed by atoms with van der Waals surface area (Å²) in [5, 5.41) is 1.18. The molecule has 2 amide bonds. The fourth-order valence-electron chi connectivity index (χ4n) is 5.18. The Balaban J connectivity index is 1.27. The van der Waals surface area contributed by atoms with Crippen LogP contribution in [0, 0.1) is 5.92 Å². The Hall–Kier alpha value is -3.15. The highest BCUT2D eigenvalue weighted by atomic mass is 32.2. The molecule has 11 heteroatoms. The molecule has 40 heavy (non-hydrogen) atoms. The average molecular weight is 582 g/mol. The predicted molar refractivity (Wildman–Crippen MR) is 152 cm³/mol. The normalized spacial score (nSPS) is 17.7. The van der Waals surface area contributed by atoms with Crippen LogP contribution in [-0.4, -0.2) is 68.0 Å². The molecular formula is C29H31N3O6S2. The summed E-state index contributed by atoms with van der Waals surface area (Å²) in [6, 6.07) is 11.9. The molecule has 9 nitrogen and oxygen atoms in total. The molecule has 2 aromatic carbocycles. The molecule has 1 aliphatic heterocycles. The number of Topliss-reactive ketones (excluding diaryl/α,β-unsaturated/α-hetero) is 1. The third-order valence-corrected chi connectivity index (χ3v) is 10.9. The van der Waals surface area contributed by atoms with E-state index in [1.54, 1.807) is 0 Å². The van der Waals surface area contributed by atoms with Crippen molar-refractivity contribution in [1.82, 2.24) is 15.2 Å². The van der Waals surface area contributed by atoms with Crippen molar-refractivity contribution in [2.45, 2.75) is 49.9 Å². The lowest BCUT2D eigenvalue weighted by Crippen LogP contribution is -2.38. The second-order valence-electron chi connectivity index (χ2n) is 10.9. The minimum atomic E-state index is -3.96. The van der Waals surface area contributed by atoms with Crippen molar-refractivity contribution >= 4 is 49.0 Å². The Labute approximate surface area is 236 Å². The Kier molecular flexibility index (Phi) is 7.22. The lowest BCUT2D eigenvalue weighted by atomic mass is 10.0. The van der Waals surface area contributed by atoms with Crippen LogP contribution in [0.3, 0.4) is 0 Å². The van der Waals surface area contributed by atoms with E-state index in [9.17, 15) is 22.8 Å². The Morgan fingerprint density at radius 1 is 1.12 bits per heavy atom. The Bertz CT molecular complexity index is 1610. The van der Waals surface area contributed by atoms with Gasteiger partial charge in [-0.05, 0) is 72.6 Å². The summed E-state index contributed by atoms with van der Waals surface area (Å²) in [7, 11) is -2.56. The second kappa shape index (κ2) is 10.7. The Morgan fingerprint density at radius 3 is 2.60 bits per heavy atom. The van der Waals surface area contributed by atoms with Crippen LogP contribution in [-0.2, 0) is 30.7 Å². The van der Waals surface area contributed by atoms with Crippen LogP contribution in [0.5, 0.6) is 0 Å². The molecule has 6 rings (SSSR count). The van der Waals surface area contributed by atoms with Gasteiger partial charge in [0.2, 0.25) is 5.91 Å². The number of fused-ring (bicyclic) bond motifs is 2. The number of hydrogen-bond donors (Lipinski definition) is 1. The van der Waals surface area contributed by atoms with E-state index in [0.29, 0.717) is 30.4 Å². The highest BCUT2D eigenvalue weighted by molar-refractivity contribution is 7.92. The molecule has 0 spiro atoms. The molecule has 0 saturated heterocycles. The standard InChI is InChI=1S/C29H31N3O6S2/c1-38-10-11-40(36,37)26(27(34)30-15-22(33)12-17-2-3-17)28-31-24-9-5-19(14-25(24)39-28)18-4-8-23-20(13-18)16-32(29(23)35)21-6-7-21/h4-5,8-9,13-14,17,21,26H,2-3,6-7,10-12,15-16H2,1H3,(H,30,34). The molecule has 1 N–H and O–H groups in total. The minimum Gasteiger partial charge on any atom is -0.384 e.